The van der Waals surface area contributed by atoms with E-state index >= 15 is 0 Å². The largest absolute Gasteiger partial charge is 0.305 e. The van der Waals surface area contributed by atoms with Gasteiger partial charge in [-0.25, -0.2) is 0 Å². The van der Waals surface area contributed by atoms with Crippen molar-refractivity contribution in [2.24, 2.45) is 5.92 Å². The number of nitro groups is 1. The Labute approximate surface area is 80.7 Å². The van der Waals surface area contributed by atoms with Gasteiger partial charge in [-0.1, -0.05) is 6.07 Å². The summed E-state index contributed by atoms with van der Waals surface area (Å²) in [5, 5.41) is 10.4. The van der Waals surface area contributed by atoms with Gasteiger partial charge in [0.05, 0.1) is 4.92 Å². The van der Waals surface area contributed by atoms with Crippen molar-refractivity contribution in [2.75, 3.05) is 0 Å². The zero-order valence-corrected chi connectivity index (χ0v) is 7.57. The molecule has 3 nitrogen and oxygen atoms in total. The highest BCUT2D eigenvalue weighted by Crippen LogP contribution is 2.33. The van der Waals surface area contributed by atoms with Crippen molar-refractivity contribution >= 4 is 5.69 Å². The standard InChI is InChI=1S/C10H10FNO2/c11-9-4-3-8(5-7-1-2-7)6-10(9)12(13)14/h3-4,6-7H,1-2,5H2. The molecule has 0 radical (unpaired) electrons. The van der Waals surface area contributed by atoms with E-state index in [0.29, 0.717) is 5.92 Å². The van der Waals surface area contributed by atoms with Gasteiger partial charge in [-0.05, 0) is 36.8 Å². The van der Waals surface area contributed by atoms with Gasteiger partial charge in [0.25, 0.3) is 0 Å². The first-order valence-electron chi connectivity index (χ1n) is 4.59. The van der Waals surface area contributed by atoms with E-state index < -0.39 is 16.4 Å². The van der Waals surface area contributed by atoms with Crippen LogP contribution in [0.15, 0.2) is 18.2 Å². The summed E-state index contributed by atoms with van der Waals surface area (Å²) in [6.45, 7) is 0. The van der Waals surface area contributed by atoms with Crippen LogP contribution in [0, 0.1) is 21.8 Å². The third kappa shape index (κ3) is 1.89. The van der Waals surface area contributed by atoms with E-state index in [-0.39, 0.29) is 0 Å². The Balaban J connectivity index is 2.24. The number of nitro benzene ring substituents is 1. The van der Waals surface area contributed by atoms with Crippen LogP contribution >= 0.6 is 0 Å². The second kappa shape index (κ2) is 3.36. The zero-order chi connectivity index (χ0) is 10.1. The second-order valence-corrected chi connectivity index (χ2v) is 3.69. The lowest BCUT2D eigenvalue weighted by Crippen LogP contribution is -1.95. The van der Waals surface area contributed by atoms with Crippen LogP contribution in [0.3, 0.4) is 0 Å². The molecule has 1 aromatic rings. The molecule has 0 N–H and O–H groups in total. The monoisotopic (exact) mass is 195 g/mol. The highest BCUT2D eigenvalue weighted by molar-refractivity contribution is 5.36. The predicted molar refractivity (Wildman–Crippen MR) is 49.5 cm³/mol. The first-order valence-corrected chi connectivity index (χ1v) is 4.59. The predicted octanol–water partition coefficient (Wildman–Crippen LogP) is 2.69. The van der Waals surface area contributed by atoms with Crippen LogP contribution in [0.5, 0.6) is 0 Å². The van der Waals surface area contributed by atoms with E-state index in [9.17, 15) is 14.5 Å². The molecule has 1 aliphatic rings. The first kappa shape index (κ1) is 9.12. The minimum atomic E-state index is -0.755. The van der Waals surface area contributed by atoms with E-state index in [1.54, 1.807) is 6.07 Å². The van der Waals surface area contributed by atoms with E-state index in [4.69, 9.17) is 0 Å². The SMILES string of the molecule is O=[N+]([O-])c1cc(CC2CC2)ccc1F. The van der Waals surface area contributed by atoms with Crippen LogP contribution in [0.4, 0.5) is 10.1 Å². The quantitative estimate of drug-likeness (QED) is 0.549. The third-order valence-electron chi connectivity index (χ3n) is 2.43. The molecular weight excluding hydrogens is 185 g/mol. The molecule has 0 unspecified atom stereocenters. The summed E-state index contributed by atoms with van der Waals surface area (Å²) < 4.78 is 12.9. The van der Waals surface area contributed by atoms with E-state index in [0.717, 1.165) is 12.0 Å². The Hall–Kier alpha value is -1.45. The van der Waals surface area contributed by atoms with Crippen molar-refractivity contribution < 1.29 is 9.31 Å². The molecular formula is C10H10FNO2. The molecule has 0 atom stereocenters. The minimum Gasteiger partial charge on any atom is -0.258 e. The van der Waals surface area contributed by atoms with Crippen molar-refractivity contribution in [1.82, 2.24) is 0 Å². The molecule has 4 heteroatoms. The summed E-state index contributed by atoms with van der Waals surface area (Å²) in [5.41, 5.74) is 0.448. The molecule has 0 bridgehead atoms. The maximum absolute atomic E-state index is 12.9. The average Bonchev–Trinajstić information content (AvgIpc) is 2.92. The topological polar surface area (TPSA) is 43.1 Å². The molecule has 0 aliphatic heterocycles. The number of hydrogen-bond donors (Lipinski definition) is 0. The molecule has 1 aliphatic carbocycles. The lowest BCUT2D eigenvalue weighted by molar-refractivity contribution is -0.387. The third-order valence-corrected chi connectivity index (χ3v) is 2.43. The molecule has 1 saturated carbocycles. The number of halogens is 1. The Morgan fingerprint density at radius 1 is 1.50 bits per heavy atom. The minimum absolute atomic E-state index is 0.414. The Morgan fingerprint density at radius 2 is 2.21 bits per heavy atom. The molecule has 1 fully saturated rings. The van der Waals surface area contributed by atoms with Gasteiger partial charge in [-0.2, -0.15) is 4.39 Å². The molecule has 2 rings (SSSR count). The summed E-state index contributed by atoms with van der Waals surface area (Å²) in [4.78, 5) is 9.77. The maximum Gasteiger partial charge on any atom is 0.305 e. The highest BCUT2D eigenvalue weighted by atomic mass is 19.1. The Bertz CT molecular complexity index is 374. The Morgan fingerprint density at radius 3 is 2.79 bits per heavy atom. The molecule has 0 heterocycles. The van der Waals surface area contributed by atoms with E-state index in [1.807, 2.05) is 0 Å². The molecule has 0 saturated heterocycles. The van der Waals surface area contributed by atoms with Crippen LogP contribution in [0.1, 0.15) is 18.4 Å². The normalized spacial score (nSPS) is 15.5. The fourth-order valence-electron chi connectivity index (χ4n) is 1.48. The van der Waals surface area contributed by atoms with Gasteiger partial charge in [0.2, 0.25) is 5.82 Å². The van der Waals surface area contributed by atoms with Crippen LogP contribution in [-0.2, 0) is 6.42 Å². The maximum atomic E-state index is 12.9. The van der Waals surface area contributed by atoms with Crippen molar-refractivity contribution in [2.45, 2.75) is 19.3 Å². The fourth-order valence-corrected chi connectivity index (χ4v) is 1.48. The average molecular weight is 195 g/mol. The summed E-state index contributed by atoms with van der Waals surface area (Å²) in [7, 11) is 0. The number of nitrogens with zero attached hydrogens (tertiary/aromatic N) is 1. The van der Waals surface area contributed by atoms with Crippen molar-refractivity contribution in [3.63, 3.8) is 0 Å². The molecule has 0 spiro atoms. The summed E-state index contributed by atoms with van der Waals surface area (Å²) in [6, 6.07) is 4.14. The van der Waals surface area contributed by atoms with Gasteiger partial charge in [-0.15, -0.1) is 0 Å². The first-order chi connectivity index (χ1) is 6.66. The molecule has 1 aromatic carbocycles. The summed E-state index contributed by atoms with van der Waals surface area (Å²) in [6.07, 6.45) is 3.21. The van der Waals surface area contributed by atoms with E-state index in [2.05, 4.69) is 0 Å². The Kier molecular flexibility index (Phi) is 2.19. The molecule has 0 aromatic heterocycles. The van der Waals surface area contributed by atoms with Gasteiger partial charge in [-0.3, -0.25) is 10.1 Å². The van der Waals surface area contributed by atoms with Gasteiger partial charge in [0.1, 0.15) is 0 Å². The molecule has 0 amide bonds. The summed E-state index contributed by atoms with van der Waals surface area (Å²) in [5.74, 6) is -0.102. The van der Waals surface area contributed by atoms with Gasteiger partial charge < -0.3 is 0 Å². The van der Waals surface area contributed by atoms with Gasteiger partial charge in [0, 0.05) is 6.07 Å². The number of benzene rings is 1. The summed E-state index contributed by atoms with van der Waals surface area (Å²) >= 11 is 0. The van der Waals surface area contributed by atoms with Crippen LogP contribution in [-0.4, -0.2) is 4.92 Å². The van der Waals surface area contributed by atoms with E-state index in [1.165, 1.54) is 25.0 Å². The van der Waals surface area contributed by atoms with Crippen molar-refractivity contribution in [3.05, 3.63) is 39.7 Å². The molecule has 74 valence electrons. The lowest BCUT2D eigenvalue weighted by atomic mass is 10.1. The second-order valence-electron chi connectivity index (χ2n) is 3.69. The van der Waals surface area contributed by atoms with Crippen molar-refractivity contribution in [3.8, 4) is 0 Å². The van der Waals surface area contributed by atoms with Crippen LogP contribution in [0.2, 0.25) is 0 Å². The van der Waals surface area contributed by atoms with Crippen LogP contribution in [0.25, 0.3) is 0 Å². The number of hydrogen-bond acceptors (Lipinski definition) is 2. The zero-order valence-electron chi connectivity index (χ0n) is 7.57. The lowest BCUT2D eigenvalue weighted by Gasteiger charge is -1.99. The fraction of sp³-hybridized carbons (Fsp3) is 0.400. The van der Waals surface area contributed by atoms with Gasteiger partial charge >= 0.3 is 5.69 Å². The van der Waals surface area contributed by atoms with Gasteiger partial charge in [0.15, 0.2) is 0 Å². The van der Waals surface area contributed by atoms with Crippen molar-refractivity contribution in [1.29, 1.82) is 0 Å². The molecule has 14 heavy (non-hydrogen) atoms. The number of rotatable bonds is 3. The van der Waals surface area contributed by atoms with Crippen LogP contribution < -0.4 is 0 Å². The smallest absolute Gasteiger partial charge is 0.258 e. The highest BCUT2D eigenvalue weighted by Gasteiger charge is 2.23.